The quantitative estimate of drug-likeness (QED) is 0.851. The van der Waals surface area contributed by atoms with Crippen LogP contribution in [-0.2, 0) is 6.42 Å². The maximum absolute atomic E-state index is 13.6. The number of rotatable bonds is 3. The predicted octanol–water partition coefficient (Wildman–Crippen LogP) is 4.81. The molecule has 0 aliphatic heterocycles. The van der Waals surface area contributed by atoms with E-state index >= 15 is 0 Å². The molecule has 1 saturated carbocycles. The van der Waals surface area contributed by atoms with Gasteiger partial charge in [0.25, 0.3) is 0 Å². The Kier molecular flexibility index (Phi) is 4.76. The van der Waals surface area contributed by atoms with Crippen molar-refractivity contribution in [1.29, 1.82) is 0 Å². The minimum absolute atomic E-state index is 0.178. The van der Waals surface area contributed by atoms with Crippen LogP contribution in [0.5, 0.6) is 0 Å². The second kappa shape index (κ2) is 6.03. The van der Waals surface area contributed by atoms with Crippen molar-refractivity contribution in [1.82, 2.24) is 0 Å². The van der Waals surface area contributed by atoms with Gasteiger partial charge in [-0.15, -0.1) is 0 Å². The van der Waals surface area contributed by atoms with Crippen molar-refractivity contribution in [3.63, 3.8) is 0 Å². The van der Waals surface area contributed by atoms with Gasteiger partial charge in [0.2, 0.25) is 0 Å². The molecule has 1 fully saturated rings. The second-order valence-corrected chi connectivity index (χ2v) is 7.30. The summed E-state index contributed by atoms with van der Waals surface area (Å²) in [6.45, 7) is 6.75. The predicted molar refractivity (Wildman–Crippen MR) is 83.4 cm³/mol. The van der Waals surface area contributed by atoms with Crippen LogP contribution in [0.2, 0.25) is 5.02 Å². The molecule has 0 saturated heterocycles. The van der Waals surface area contributed by atoms with E-state index in [1.807, 2.05) is 6.07 Å². The summed E-state index contributed by atoms with van der Waals surface area (Å²) in [4.78, 5) is 0. The Morgan fingerprint density at radius 1 is 1.40 bits per heavy atom. The zero-order valence-electron chi connectivity index (χ0n) is 12.6. The maximum atomic E-state index is 13.6. The Morgan fingerprint density at radius 3 is 2.70 bits per heavy atom. The third kappa shape index (κ3) is 3.35. The smallest absolute Gasteiger partial charge is 0.142 e. The van der Waals surface area contributed by atoms with E-state index in [0.29, 0.717) is 17.8 Å². The summed E-state index contributed by atoms with van der Waals surface area (Å²) in [6, 6.07) is 5.07. The van der Waals surface area contributed by atoms with Gasteiger partial charge in [-0.05, 0) is 54.7 Å². The lowest BCUT2D eigenvalue weighted by Gasteiger charge is -2.46. The minimum Gasteiger partial charge on any atom is -0.325 e. The Labute approximate surface area is 126 Å². The van der Waals surface area contributed by atoms with Crippen LogP contribution in [0, 0.1) is 23.6 Å². The topological polar surface area (TPSA) is 26.0 Å². The van der Waals surface area contributed by atoms with Gasteiger partial charge in [0.05, 0.1) is 5.02 Å². The lowest BCUT2D eigenvalue weighted by molar-refractivity contribution is 0.109. The van der Waals surface area contributed by atoms with Crippen molar-refractivity contribution in [2.75, 3.05) is 0 Å². The maximum Gasteiger partial charge on any atom is 0.142 e. The standard InChI is InChI=1S/C17H25ClFN/c1-11(2)14-6-4-12(3)9-17(14,20)10-13-5-7-15(18)16(19)8-13/h5,7-8,11-12,14H,4,6,9-10,20H2,1-3H3. The second-order valence-electron chi connectivity index (χ2n) is 6.90. The van der Waals surface area contributed by atoms with Crippen molar-refractivity contribution in [3.05, 3.63) is 34.6 Å². The molecule has 1 nitrogen and oxygen atoms in total. The van der Waals surface area contributed by atoms with Gasteiger partial charge in [-0.3, -0.25) is 0 Å². The largest absolute Gasteiger partial charge is 0.325 e. The molecule has 1 aliphatic carbocycles. The van der Waals surface area contributed by atoms with Gasteiger partial charge >= 0.3 is 0 Å². The van der Waals surface area contributed by atoms with Crippen LogP contribution in [0.25, 0.3) is 0 Å². The SMILES string of the molecule is CC1CCC(C(C)C)C(N)(Cc2ccc(Cl)c(F)c2)C1. The van der Waals surface area contributed by atoms with Gasteiger partial charge in [0.1, 0.15) is 5.82 Å². The van der Waals surface area contributed by atoms with Crippen molar-refractivity contribution >= 4 is 11.6 Å². The summed E-state index contributed by atoms with van der Waals surface area (Å²) >= 11 is 5.75. The van der Waals surface area contributed by atoms with Crippen molar-refractivity contribution in [2.45, 2.75) is 52.0 Å². The first-order chi connectivity index (χ1) is 9.32. The highest BCUT2D eigenvalue weighted by molar-refractivity contribution is 6.30. The molecular weight excluding hydrogens is 273 g/mol. The molecule has 0 amide bonds. The fourth-order valence-corrected chi connectivity index (χ4v) is 4.00. The number of nitrogens with two attached hydrogens (primary N) is 1. The Hall–Kier alpha value is -0.600. The first-order valence-electron chi connectivity index (χ1n) is 7.54. The lowest BCUT2D eigenvalue weighted by atomic mass is 9.63. The molecule has 0 spiro atoms. The van der Waals surface area contributed by atoms with Gasteiger partial charge in [0, 0.05) is 5.54 Å². The summed E-state index contributed by atoms with van der Waals surface area (Å²) in [5, 5.41) is 0.178. The van der Waals surface area contributed by atoms with Gasteiger partial charge in [-0.25, -0.2) is 4.39 Å². The zero-order valence-corrected chi connectivity index (χ0v) is 13.4. The third-order valence-corrected chi connectivity index (χ3v) is 5.07. The van der Waals surface area contributed by atoms with Crippen molar-refractivity contribution < 1.29 is 4.39 Å². The van der Waals surface area contributed by atoms with Crippen LogP contribution in [0.1, 0.15) is 45.6 Å². The third-order valence-electron chi connectivity index (χ3n) is 4.76. The molecule has 1 aromatic carbocycles. The molecule has 2 rings (SSSR count). The monoisotopic (exact) mass is 297 g/mol. The average Bonchev–Trinajstić information content (AvgIpc) is 2.32. The van der Waals surface area contributed by atoms with Crippen LogP contribution in [-0.4, -0.2) is 5.54 Å². The Morgan fingerprint density at radius 2 is 2.10 bits per heavy atom. The number of hydrogen-bond donors (Lipinski definition) is 1. The number of benzene rings is 1. The molecule has 3 unspecified atom stereocenters. The van der Waals surface area contributed by atoms with Gasteiger partial charge in [0.15, 0.2) is 0 Å². The Bertz CT molecular complexity index is 474. The number of hydrogen-bond acceptors (Lipinski definition) is 1. The molecule has 20 heavy (non-hydrogen) atoms. The van der Waals surface area contributed by atoms with E-state index in [1.54, 1.807) is 6.07 Å². The number of halogens is 2. The van der Waals surface area contributed by atoms with E-state index in [4.69, 9.17) is 17.3 Å². The van der Waals surface area contributed by atoms with E-state index < -0.39 is 0 Å². The lowest BCUT2D eigenvalue weighted by Crippen LogP contribution is -2.54. The average molecular weight is 298 g/mol. The van der Waals surface area contributed by atoms with Gasteiger partial charge < -0.3 is 5.73 Å². The fraction of sp³-hybridized carbons (Fsp3) is 0.647. The van der Waals surface area contributed by atoms with E-state index in [2.05, 4.69) is 20.8 Å². The summed E-state index contributed by atoms with van der Waals surface area (Å²) < 4.78 is 13.6. The molecule has 0 bridgehead atoms. The van der Waals surface area contributed by atoms with Crippen LogP contribution >= 0.6 is 11.6 Å². The molecule has 0 heterocycles. The minimum atomic E-state index is -0.349. The molecule has 3 heteroatoms. The zero-order chi connectivity index (χ0) is 14.9. The van der Waals surface area contributed by atoms with Crippen LogP contribution in [0.4, 0.5) is 4.39 Å². The van der Waals surface area contributed by atoms with Gasteiger partial charge in [-0.1, -0.05) is 44.9 Å². The summed E-state index contributed by atoms with van der Waals surface area (Å²) in [7, 11) is 0. The van der Waals surface area contributed by atoms with E-state index in [9.17, 15) is 4.39 Å². The molecule has 1 aliphatic rings. The van der Waals surface area contributed by atoms with E-state index in [-0.39, 0.29) is 16.4 Å². The van der Waals surface area contributed by atoms with Crippen LogP contribution in [0.15, 0.2) is 18.2 Å². The van der Waals surface area contributed by atoms with E-state index in [1.165, 1.54) is 18.9 Å². The first-order valence-corrected chi connectivity index (χ1v) is 7.92. The fourth-order valence-electron chi connectivity index (χ4n) is 3.88. The highest BCUT2D eigenvalue weighted by Crippen LogP contribution is 2.41. The molecule has 2 N–H and O–H groups in total. The Balaban J connectivity index is 2.24. The van der Waals surface area contributed by atoms with Crippen molar-refractivity contribution in [3.8, 4) is 0 Å². The highest BCUT2D eigenvalue weighted by atomic mass is 35.5. The normalized spacial score (nSPS) is 30.8. The first kappa shape index (κ1) is 15.8. The molecule has 0 radical (unpaired) electrons. The summed E-state index contributed by atoms with van der Waals surface area (Å²) in [6.07, 6.45) is 4.16. The molecule has 112 valence electrons. The van der Waals surface area contributed by atoms with Crippen LogP contribution < -0.4 is 5.73 Å². The van der Waals surface area contributed by atoms with E-state index in [0.717, 1.165) is 18.4 Å². The molecular formula is C17H25ClFN. The van der Waals surface area contributed by atoms with Crippen LogP contribution in [0.3, 0.4) is 0 Å². The molecule has 1 aromatic rings. The molecule has 0 aromatic heterocycles. The van der Waals surface area contributed by atoms with Crippen molar-refractivity contribution in [2.24, 2.45) is 23.5 Å². The molecule has 3 atom stereocenters. The van der Waals surface area contributed by atoms with Gasteiger partial charge in [-0.2, -0.15) is 0 Å². The highest BCUT2D eigenvalue weighted by Gasteiger charge is 2.41. The summed E-state index contributed by atoms with van der Waals surface area (Å²) in [5.41, 5.74) is 7.48. The summed E-state index contributed by atoms with van der Waals surface area (Å²) in [5.74, 6) is 1.35.